The molecule has 2 N–H and O–H groups in total. The summed E-state index contributed by atoms with van der Waals surface area (Å²) in [5, 5.41) is 1.46. The predicted molar refractivity (Wildman–Crippen MR) is 115 cm³/mol. The van der Waals surface area contributed by atoms with Crippen molar-refractivity contribution in [3.8, 4) is 16.9 Å². The second-order valence-corrected chi connectivity index (χ2v) is 7.55. The average molecular weight is 414 g/mol. The van der Waals surface area contributed by atoms with Crippen LogP contribution in [0, 0.1) is 12.4 Å². The van der Waals surface area contributed by atoms with E-state index in [1.807, 2.05) is 48.5 Å². The molecule has 0 aliphatic carbocycles. The summed E-state index contributed by atoms with van der Waals surface area (Å²) in [5.41, 5.74) is 8.28. The summed E-state index contributed by atoms with van der Waals surface area (Å²) in [6, 6.07) is 20.0. The highest BCUT2D eigenvalue weighted by molar-refractivity contribution is 5.79. The first-order valence-electron chi connectivity index (χ1n) is 9.81. The van der Waals surface area contributed by atoms with Crippen LogP contribution in [-0.2, 0) is 10.6 Å². The molecule has 0 saturated heterocycles. The van der Waals surface area contributed by atoms with Crippen molar-refractivity contribution in [2.24, 2.45) is 10.7 Å². The topological polar surface area (TPSA) is 64.4 Å². The molecule has 31 heavy (non-hydrogen) atoms. The molecule has 1 spiro atoms. The SMILES string of the molecule is [C-]#[N+]c1cc(-c2ccc3c(c2)C2(CC(c4ccccc4)O3)N=C(N)N(C)O2)ccc1F. The van der Waals surface area contributed by atoms with E-state index in [0.717, 1.165) is 22.3 Å². The zero-order chi connectivity index (χ0) is 21.6. The lowest BCUT2D eigenvalue weighted by atomic mass is 9.88. The van der Waals surface area contributed by atoms with Crippen LogP contribution in [0.4, 0.5) is 10.1 Å². The molecule has 6 nitrogen and oxygen atoms in total. The summed E-state index contributed by atoms with van der Waals surface area (Å²) in [6.45, 7) is 7.18. The Hall–Kier alpha value is -3.89. The van der Waals surface area contributed by atoms with Gasteiger partial charge in [0.15, 0.2) is 0 Å². The van der Waals surface area contributed by atoms with Gasteiger partial charge in [0, 0.05) is 13.5 Å². The Morgan fingerprint density at radius 1 is 1.13 bits per heavy atom. The number of halogens is 1. The maximum absolute atomic E-state index is 13.8. The Morgan fingerprint density at radius 3 is 2.58 bits per heavy atom. The van der Waals surface area contributed by atoms with Crippen molar-refractivity contribution in [1.82, 2.24) is 5.06 Å². The van der Waals surface area contributed by atoms with Crippen LogP contribution in [0.3, 0.4) is 0 Å². The number of nitrogens with two attached hydrogens (primary N) is 1. The number of aliphatic imine (C=N–C) groups is 1. The molecule has 2 atom stereocenters. The van der Waals surface area contributed by atoms with Crippen LogP contribution in [0.5, 0.6) is 5.75 Å². The molecule has 5 rings (SSSR count). The summed E-state index contributed by atoms with van der Waals surface area (Å²) >= 11 is 0. The minimum Gasteiger partial charge on any atom is -0.485 e. The van der Waals surface area contributed by atoms with Crippen molar-refractivity contribution in [2.45, 2.75) is 18.2 Å². The van der Waals surface area contributed by atoms with Gasteiger partial charge >= 0.3 is 0 Å². The number of fused-ring (bicyclic) bond motifs is 2. The third-order valence-corrected chi connectivity index (χ3v) is 5.61. The molecule has 0 saturated carbocycles. The van der Waals surface area contributed by atoms with Crippen LogP contribution in [0.2, 0.25) is 0 Å². The molecule has 154 valence electrons. The zero-order valence-electron chi connectivity index (χ0n) is 16.7. The van der Waals surface area contributed by atoms with E-state index < -0.39 is 11.5 Å². The summed E-state index contributed by atoms with van der Waals surface area (Å²) in [7, 11) is 1.71. The number of benzene rings is 3. The monoisotopic (exact) mass is 414 g/mol. The Labute approximate surface area is 179 Å². The summed E-state index contributed by atoms with van der Waals surface area (Å²) in [6.07, 6.45) is 0.178. The van der Waals surface area contributed by atoms with Gasteiger partial charge in [0.05, 0.1) is 12.1 Å². The molecule has 2 aliphatic rings. The van der Waals surface area contributed by atoms with Crippen LogP contribution in [-0.4, -0.2) is 18.1 Å². The van der Waals surface area contributed by atoms with Crippen LogP contribution in [0.15, 0.2) is 71.7 Å². The number of hydrogen-bond acceptors (Lipinski definition) is 5. The second-order valence-electron chi connectivity index (χ2n) is 7.55. The number of hydroxylamine groups is 2. The summed E-state index contributed by atoms with van der Waals surface area (Å²) in [4.78, 5) is 14.1. The molecule has 0 aromatic heterocycles. The first-order valence-corrected chi connectivity index (χ1v) is 9.81. The first kappa shape index (κ1) is 19.1. The van der Waals surface area contributed by atoms with E-state index >= 15 is 0 Å². The number of hydrogen-bond donors (Lipinski definition) is 1. The highest BCUT2D eigenvalue weighted by Gasteiger charge is 2.49. The van der Waals surface area contributed by atoms with Crippen molar-refractivity contribution in [3.63, 3.8) is 0 Å². The molecule has 0 radical (unpaired) electrons. The molecule has 2 heterocycles. The van der Waals surface area contributed by atoms with Crippen LogP contribution < -0.4 is 10.5 Å². The minimum atomic E-state index is -1.04. The van der Waals surface area contributed by atoms with Gasteiger partial charge in [-0.1, -0.05) is 42.5 Å². The van der Waals surface area contributed by atoms with Crippen molar-refractivity contribution in [1.29, 1.82) is 0 Å². The summed E-state index contributed by atoms with van der Waals surface area (Å²) < 4.78 is 20.1. The fourth-order valence-corrected chi connectivity index (χ4v) is 4.05. The Morgan fingerprint density at radius 2 is 1.87 bits per heavy atom. The van der Waals surface area contributed by atoms with Gasteiger partial charge in [-0.05, 0) is 41.0 Å². The van der Waals surface area contributed by atoms with E-state index in [0.29, 0.717) is 12.2 Å². The third kappa shape index (κ3) is 3.18. The second kappa shape index (κ2) is 7.11. The van der Waals surface area contributed by atoms with Gasteiger partial charge in [-0.3, -0.25) is 0 Å². The molecular weight excluding hydrogens is 395 g/mol. The van der Waals surface area contributed by atoms with E-state index in [1.165, 1.54) is 17.2 Å². The van der Waals surface area contributed by atoms with E-state index in [9.17, 15) is 4.39 Å². The molecule has 0 bridgehead atoms. The van der Waals surface area contributed by atoms with E-state index in [-0.39, 0.29) is 17.8 Å². The average Bonchev–Trinajstić information content (AvgIpc) is 3.07. The standard InChI is InChI=1S/C24H19FN4O2/c1-27-20-13-17(8-10-19(20)25)16-9-11-21-18(12-16)24(28-23(26)29(2)31-24)14-22(30-21)15-6-4-3-5-7-15/h3-13,22H,14H2,2H3,(H2,26,28). The maximum Gasteiger partial charge on any atom is 0.222 e. The lowest BCUT2D eigenvalue weighted by molar-refractivity contribution is -0.191. The lowest BCUT2D eigenvalue weighted by Gasteiger charge is -2.37. The van der Waals surface area contributed by atoms with Crippen LogP contribution in [0.25, 0.3) is 16.0 Å². The number of ether oxygens (including phenoxy) is 1. The van der Waals surface area contributed by atoms with E-state index in [2.05, 4.69) is 9.84 Å². The van der Waals surface area contributed by atoms with Gasteiger partial charge in [0.25, 0.3) is 0 Å². The zero-order valence-corrected chi connectivity index (χ0v) is 16.7. The maximum atomic E-state index is 13.8. The Balaban J connectivity index is 1.63. The molecule has 3 aromatic carbocycles. The van der Waals surface area contributed by atoms with Gasteiger partial charge in [-0.2, -0.15) is 0 Å². The fraction of sp³-hybridized carbons (Fsp3) is 0.167. The van der Waals surface area contributed by atoms with Crippen molar-refractivity contribution >= 4 is 11.6 Å². The fourth-order valence-electron chi connectivity index (χ4n) is 4.05. The Bertz CT molecular complexity index is 1240. The highest BCUT2D eigenvalue weighted by Crippen LogP contribution is 2.50. The van der Waals surface area contributed by atoms with Crippen LogP contribution in [0.1, 0.15) is 23.7 Å². The highest BCUT2D eigenvalue weighted by atomic mass is 19.1. The van der Waals surface area contributed by atoms with Gasteiger partial charge in [0.1, 0.15) is 17.7 Å². The largest absolute Gasteiger partial charge is 0.485 e. The molecule has 0 amide bonds. The minimum absolute atomic E-state index is 0.0237. The number of nitrogens with zero attached hydrogens (tertiary/aromatic N) is 3. The molecule has 2 unspecified atom stereocenters. The molecule has 7 heteroatoms. The lowest BCUT2D eigenvalue weighted by Crippen LogP contribution is -2.36. The van der Waals surface area contributed by atoms with Crippen molar-refractivity contribution in [3.05, 3.63) is 95.1 Å². The normalized spacial score (nSPS) is 21.9. The Kier molecular flexibility index (Phi) is 4.38. The molecule has 0 fully saturated rings. The smallest absolute Gasteiger partial charge is 0.222 e. The van der Waals surface area contributed by atoms with Crippen molar-refractivity contribution in [2.75, 3.05) is 7.05 Å². The third-order valence-electron chi connectivity index (χ3n) is 5.61. The first-order chi connectivity index (χ1) is 15.0. The van der Waals surface area contributed by atoms with E-state index in [1.54, 1.807) is 13.1 Å². The molecule has 3 aromatic rings. The van der Waals surface area contributed by atoms with Gasteiger partial charge in [0.2, 0.25) is 17.4 Å². The summed E-state index contributed by atoms with van der Waals surface area (Å²) in [5.74, 6) is 0.380. The predicted octanol–water partition coefficient (Wildman–Crippen LogP) is 4.91. The van der Waals surface area contributed by atoms with Gasteiger partial charge in [-0.25, -0.2) is 24.1 Å². The quantitative estimate of drug-likeness (QED) is 0.605. The number of rotatable bonds is 2. The molecule has 2 aliphatic heterocycles. The number of guanidine groups is 1. The van der Waals surface area contributed by atoms with E-state index in [4.69, 9.17) is 21.9 Å². The molecular formula is C24H19FN4O2. The van der Waals surface area contributed by atoms with Gasteiger partial charge in [-0.15, -0.1) is 0 Å². The van der Waals surface area contributed by atoms with Crippen LogP contribution >= 0.6 is 0 Å². The van der Waals surface area contributed by atoms with Gasteiger partial charge < -0.3 is 10.5 Å². The van der Waals surface area contributed by atoms with Crippen molar-refractivity contribution < 1.29 is 14.0 Å².